The average Bonchev–Trinajstić information content (AvgIpc) is 3.36. The van der Waals surface area contributed by atoms with Crippen molar-refractivity contribution in [2.75, 3.05) is 33.3 Å². The minimum absolute atomic E-state index is 0.0263. The van der Waals surface area contributed by atoms with E-state index < -0.39 is 6.09 Å². The number of phenolic OH excluding ortho intramolecular Hbond substituents is 1. The van der Waals surface area contributed by atoms with Crippen LogP contribution in [0, 0.1) is 0 Å². The molecule has 5 rings (SSSR count). The number of rotatable bonds is 4. The predicted octanol–water partition coefficient (Wildman–Crippen LogP) is 2.69. The van der Waals surface area contributed by atoms with Gasteiger partial charge in [-0.05, 0) is 30.3 Å². The van der Waals surface area contributed by atoms with Gasteiger partial charge in [-0.3, -0.25) is 14.8 Å². The van der Waals surface area contributed by atoms with Crippen molar-refractivity contribution in [3.05, 3.63) is 52.9 Å². The summed E-state index contributed by atoms with van der Waals surface area (Å²) in [4.78, 5) is 27.6. The molecule has 0 atom stereocenters. The fourth-order valence-corrected chi connectivity index (χ4v) is 4.15. The highest BCUT2D eigenvalue weighted by molar-refractivity contribution is 6.15. The average molecular weight is 450 g/mol. The molecule has 10 nitrogen and oxygen atoms in total. The SMILES string of the molecule is COc1ccc2[nH]nc(C=C3Oc4c(ccc(O)c4CN4CCN(C(=O)O)CC4)C3=O)c2c1. The Bertz CT molecular complexity index is 1290. The smallest absolute Gasteiger partial charge is 0.407 e. The van der Waals surface area contributed by atoms with Crippen molar-refractivity contribution in [2.24, 2.45) is 0 Å². The molecule has 1 aromatic heterocycles. The van der Waals surface area contributed by atoms with Crippen LogP contribution in [-0.2, 0) is 6.54 Å². The zero-order valence-electron chi connectivity index (χ0n) is 17.9. The van der Waals surface area contributed by atoms with Crippen molar-refractivity contribution < 1.29 is 29.3 Å². The number of aromatic nitrogens is 2. The number of H-pyrrole nitrogens is 1. The number of aromatic amines is 1. The third-order valence-electron chi connectivity index (χ3n) is 6.01. The molecule has 3 N–H and O–H groups in total. The third kappa shape index (κ3) is 3.74. The molecule has 2 aliphatic rings. The molecule has 0 radical (unpaired) electrons. The van der Waals surface area contributed by atoms with E-state index >= 15 is 0 Å². The first kappa shape index (κ1) is 20.8. The molecular weight excluding hydrogens is 428 g/mol. The first-order valence-electron chi connectivity index (χ1n) is 10.5. The van der Waals surface area contributed by atoms with Crippen LogP contribution < -0.4 is 9.47 Å². The summed E-state index contributed by atoms with van der Waals surface area (Å²) >= 11 is 0. The Kier molecular flexibility index (Phi) is 5.14. The number of phenols is 1. The maximum atomic E-state index is 13.0. The highest BCUT2D eigenvalue weighted by Gasteiger charge is 2.32. The van der Waals surface area contributed by atoms with E-state index in [2.05, 4.69) is 10.2 Å². The number of ketones is 1. The monoisotopic (exact) mass is 450 g/mol. The second-order valence-corrected chi connectivity index (χ2v) is 7.95. The lowest BCUT2D eigenvalue weighted by molar-refractivity contribution is 0.101. The topological polar surface area (TPSA) is 128 Å². The van der Waals surface area contributed by atoms with Gasteiger partial charge in [0.25, 0.3) is 0 Å². The number of benzene rings is 2. The van der Waals surface area contributed by atoms with Crippen molar-refractivity contribution in [1.29, 1.82) is 0 Å². The molecule has 1 amide bonds. The van der Waals surface area contributed by atoms with Crippen molar-refractivity contribution in [3.8, 4) is 17.2 Å². The lowest BCUT2D eigenvalue weighted by Crippen LogP contribution is -2.47. The van der Waals surface area contributed by atoms with E-state index in [-0.39, 0.29) is 17.3 Å². The Morgan fingerprint density at radius 3 is 2.76 bits per heavy atom. The summed E-state index contributed by atoms with van der Waals surface area (Å²) in [5.74, 6) is 0.841. The Hall–Kier alpha value is -4.05. The summed E-state index contributed by atoms with van der Waals surface area (Å²) in [6.07, 6.45) is 0.637. The molecule has 0 saturated carbocycles. The second-order valence-electron chi connectivity index (χ2n) is 7.95. The summed E-state index contributed by atoms with van der Waals surface area (Å²) in [5.41, 5.74) is 2.21. The van der Waals surface area contributed by atoms with Crippen LogP contribution in [0.3, 0.4) is 0 Å². The summed E-state index contributed by atoms with van der Waals surface area (Å²) < 4.78 is 11.2. The number of carbonyl (C=O) groups excluding carboxylic acids is 1. The lowest BCUT2D eigenvalue weighted by Gasteiger charge is -2.33. The van der Waals surface area contributed by atoms with Gasteiger partial charge in [-0.15, -0.1) is 0 Å². The number of piperazine rings is 1. The van der Waals surface area contributed by atoms with Crippen LogP contribution in [0.2, 0.25) is 0 Å². The highest BCUT2D eigenvalue weighted by Crippen LogP contribution is 2.40. The van der Waals surface area contributed by atoms with E-state index in [9.17, 15) is 14.7 Å². The number of Topliss-reactive ketones (excluding diaryl/α,β-unsaturated/α-hetero) is 1. The Labute approximate surface area is 188 Å². The summed E-state index contributed by atoms with van der Waals surface area (Å²) in [5, 5.41) is 27.6. The molecule has 1 fully saturated rings. The molecule has 33 heavy (non-hydrogen) atoms. The van der Waals surface area contributed by atoms with Crippen LogP contribution in [0.15, 0.2) is 36.1 Å². The molecule has 0 bridgehead atoms. The van der Waals surface area contributed by atoms with Gasteiger partial charge in [-0.25, -0.2) is 4.79 Å². The van der Waals surface area contributed by atoms with Gasteiger partial charge in [0.05, 0.1) is 29.4 Å². The minimum atomic E-state index is -0.940. The fraction of sp³-hybridized carbons (Fsp3) is 0.261. The van der Waals surface area contributed by atoms with Crippen LogP contribution in [0.4, 0.5) is 4.79 Å². The number of carboxylic acid groups (broad SMARTS) is 1. The molecular formula is C23H22N4O6. The van der Waals surface area contributed by atoms with E-state index in [1.807, 2.05) is 23.1 Å². The molecule has 0 unspecified atom stereocenters. The van der Waals surface area contributed by atoms with E-state index in [1.165, 1.54) is 11.0 Å². The van der Waals surface area contributed by atoms with E-state index in [0.717, 1.165) is 10.9 Å². The second kappa shape index (κ2) is 8.14. The van der Waals surface area contributed by atoms with Gasteiger partial charge in [0, 0.05) is 44.2 Å². The van der Waals surface area contributed by atoms with Crippen LogP contribution in [0.25, 0.3) is 17.0 Å². The van der Waals surface area contributed by atoms with Crippen LogP contribution in [0.5, 0.6) is 17.2 Å². The standard InChI is InChI=1S/C23H22N4O6/c1-32-13-2-4-17-15(10-13)18(25-24-17)11-20-21(29)14-3-5-19(28)16(22(14)33-20)12-26-6-8-27(9-7-26)23(30)31/h2-5,10-11,28H,6-9,12H2,1H3,(H,24,25)(H,30,31). The molecule has 3 heterocycles. The first-order chi connectivity index (χ1) is 15.9. The number of allylic oxidation sites excluding steroid dienone is 1. The van der Waals surface area contributed by atoms with Crippen LogP contribution in [-0.4, -0.2) is 75.4 Å². The van der Waals surface area contributed by atoms with Crippen LogP contribution in [0.1, 0.15) is 21.6 Å². The number of ether oxygens (including phenoxy) is 2. The number of carbonyl (C=O) groups is 2. The minimum Gasteiger partial charge on any atom is -0.507 e. The molecule has 2 aliphatic heterocycles. The van der Waals surface area contributed by atoms with Gasteiger partial charge in [-0.1, -0.05) is 0 Å². The van der Waals surface area contributed by atoms with Crippen molar-refractivity contribution in [1.82, 2.24) is 20.0 Å². The molecule has 170 valence electrons. The number of hydrogen-bond donors (Lipinski definition) is 3. The number of aromatic hydroxyl groups is 1. The fourth-order valence-electron chi connectivity index (χ4n) is 4.15. The van der Waals surface area contributed by atoms with Crippen molar-refractivity contribution in [2.45, 2.75) is 6.54 Å². The maximum absolute atomic E-state index is 13.0. The van der Waals surface area contributed by atoms with E-state index in [4.69, 9.17) is 14.6 Å². The lowest BCUT2D eigenvalue weighted by atomic mass is 10.0. The van der Waals surface area contributed by atoms with Crippen molar-refractivity contribution in [3.63, 3.8) is 0 Å². The molecule has 0 aliphatic carbocycles. The zero-order valence-corrected chi connectivity index (χ0v) is 17.9. The summed E-state index contributed by atoms with van der Waals surface area (Å²) in [6.45, 7) is 2.14. The number of amides is 1. The number of methoxy groups -OCH3 is 1. The van der Waals surface area contributed by atoms with E-state index in [0.29, 0.717) is 61.0 Å². The molecule has 1 saturated heterocycles. The molecule has 3 aromatic rings. The van der Waals surface area contributed by atoms with Crippen molar-refractivity contribution >= 4 is 28.9 Å². The Morgan fingerprint density at radius 2 is 2.03 bits per heavy atom. The van der Waals surface area contributed by atoms with Gasteiger partial charge in [-0.2, -0.15) is 5.10 Å². The van der Waals surface area contributed by atoms with Gasteiger partial charge in [0.2, 0.25) is 5.78 Å². The third-order valence-corrected chi connectivity index (χ3v) is 6.01. The Morgan fingerprint density at radius 1 is 1.24 bits per heavy atom. The van der Waals surface area contributed by atoms with E-state index in [1.54, 1.807) is 19.3 Å². The predicted molar refractivity (Wildman–Crippen MR) is 119 cm³/mol. The van der Waals surface area contributed by atoms with Gasteiger partial charge >= 0.3 is 6.09 Å². The maximum Gasteiger partial charge on any atom is 0.407 e. The summed E-state index contributed by atoms with van der Waals surface area (Å²) in [7, 11) is 1.58. The van der Waals surface area contributed by atoms with Gasteiger partial charge < -0.3 is 24.6 Å². The first-order valence-corrected chi connectivity index (χ1v) is 10.5. The van der Waals surface area contributed by atoms with Gasteiger partial charge in [0.1, 0.15) is 17.2 Å². The molecule has 2 aromatic carbocycles. The number of hydrogen-bond acceptors (Lipinski definition) is 7. The number of nitrogens with zero attached hydrogens (tertiary/aromatic N) is 3. The Balaban J connectivity index is 1.43. The normalized spacial score (nSPS) is 17.4. The summed E-state index contributed by atoms with van der Waals surface area (Å²) in [6, 6.07) is 8.52. The molecule has 0 spiro atoms. The number of fused-ring (bicyclic) bond motifs is 2. The van der Waals surface area contributed by atoms with Crippen LogP contribution >= 0.6 is 0 Å². The quantitative estimate of drug-likeness (QED) is 0.518. The highest BCUT2D eigenvalue weighted by atomic mass is 16.5. The number of nitrogens with one attached hydrogen (secondary N) is 1. The largest absolute Gasteiger partial charge is 0.507 e. The molecule has 10 heteroatoms. The van der Waals surface area contributed by atoms with Gasteiger partial charge in [0.15, 0.2) is 5.76 Å². The zero-order chi connectivity index (χ0) is 23.1.